The molecule has 6 nitrogen and oxygen atoms in total. The second-order valence-corrected chi connectivity index (χ2v) is 4.40. The number of carbonyl (C=O) groups is 1. The number of rotatable bonds is 5. The van der Waals surface area contributed by atoms with Crippen molar-refractivity contribution >= 4 is 17.8 Å². The Kier molecular flexibility index (Phi) is 4.92. The van der Waals surface area contributed by atoms with E-state index in [-0.39, 0.29) is 23.9 Å². The Bertz CT molecular complexity index is 687. The quantitative estimate of drug-likeness (QED) is 0.500. The van der Waals surface area contributed by atoms with Crippen LogP contribution in [-0.2, 0) is 4.79 Å². The molecule has 2 rings (SSSR count). The molecule has 0 heterocycles. The monoisotopic (exact) mass is 303 g/mol. The van der Waals surface area contributed by atoms with E-state index in [1.54, 1.807) is 0 Å². The second kappa shape index (κ2) is 7.07. The molecule has 4 N–H and O–H groups in total. The minimum Gasteiger partial charge on any atom is -0.508 e. The first-order valence-electron chi connectivity index (χ1n) is 6.38. The van der Waals surface area contributed by atoms with Crippen molar-refractivity contribution in [3.8, 4) is 11.5 Å². The molecule has 0 aliphatic heterocycles. The molecule has 0 aliphatic carbocycles. The van der Waals surface area contributed by atoms with Crippen molar-refractivity contribution in [1.82, 2.24) is 5.43 Å². The smallest absolute Gasteiger partial charge is 0.259 e. The zero-order valence-corrected chi connectivity index (χ0v) is 11.5. The van der Waals surface area contributed by atoms with Gasteiger partial charge in [0, 0.05) is 17.3 Å². The number of nitrogens with zero attached hydrogens (tertiary/aromatic N) is 1. The summed E-state index contributed by atoms with van der Waals surface area (Å²) in [6.07, 6.45) is 1.25. The first-order valence-corrected chi connectivity index (χ1v) is 6.38. The van der Waals surface area contributed by atoms with Crippen molar-refractivity contribution in [3.63, 3.8) is 0 Å². The number of hydrogen-bond acceptors (Lipinski definition) is 5. The fraction of sp³-hybridized carbons (Fsp3) is 0.0667. The lowest BCUT2D eigenvalue weighted by Crippen LogP contribution is -2.25. The summed E-state index contributed by atoms with van der Waals surface area (Å²) in [7, 11) is 0. The Balaban J connectivity index is 1.82. The fourth-order valence-corrected chi connectivity index (χ4v) is 1.60. The van der Waals surface area contributed by atoms with Gasteiger partial charge in [-0.05, 0) is 36.4 Å². The lowest BCUT2D eigenvalue weighted by atomic mass is 10.2. The number of anilines is 1. The van der Waals surface area contributed by atoms with Crippen LogP contribution in [0.25, 0.3) is 0 Å². The van der Waals surface area contributed by atoms with Crippen LogP contribution in [0.2, 0.25) is 0 Å². The number of hydrazone groups is 1. The van der Waals surface area contributed by atoms with Crippen molar-refractivity contribution in [2.24, 2.45) is 5.10 Å². The van der Waals surface area contributed by atoms with Gasteiger partial charge in [0.2, 0.25) is 0 Å². The maximum Gasteiger partial charge on any atom is 0.259 e. The number of hydrogen-bond donors (Lipinski definition) is 4. The van der Waals surface area contributed by atoms with Gasteiger partial charge in [-0.25, -0.2) is 9.82 Å². The number of amides is 1. The molecular formula is C15H14FN3O3. The third-order valence-corrected chi connectivity index (χ3v) is 2.70. The van der Waals surface area contributed by atoms with E-state index in [2.05, 4.69) is 15.8 Å². The minimum absolute atomic E-state index is 0.0372. The van der Waals surface area contributed by atoms with Crippen LogP contribution in [-0.4, -0.2) is 28.9 Å². The SMILES string of the molecule is O=C(CNc1ccc(F)cc1)NN=Cc1ccc(O)cc1O. The maximum absolute atomic E-state index is 12.7. The summed E-state index contributed by atoms with van der Waals surface area (Å²) >= 11 is 0. The molecule has 0 unspecified atom stereocenters. The van der Waals surface area contributed by atoms with Crippen LogP contribution < -0.4 is 10.7 Å². The van der Waals surface area contributed by atoms with Gasteiger partial charge in [0.15, 0.2) is 0 Å². The molecule has 0 atom stereocenters. The Morgan fingerprint density at radius 2 is 1.91 bits per heavy atom. The molecule has 114 valence electrons. The normalized spacial score (nSPS) is 10.6. The number of halogens is 1. The van der Waals surface area contributed by atoms with Crippen molar-refractivity contribution in [1.29, 1.82) is 0 Å². The van der Waals surface area contributed by atoms with Gasteiger partial charge in [-0.15, -0.1) is 0 Å². The molecule has 0 spiro atoms. The molecule has 1 amide bonds. The highest BCUT2D eigenvalue weighted by Gasteiger charge is 2.01. The van der Waals surface area contributed by atoms with Gasteiger partial charge in [0.25, 0.3) is 5.91 Å². The molecule has 22 heavy (non-hydrogen) atoms. The second-order valence-electron chi connectivity index (χ2n) is 4.40. The fourth-order valence-electron chi connectivity index (χ4n) is 1.60. The number of carbonyl (C=O) groups excluding carboxylic acids is 1. The molecule has 0 aliphatic rings. The number of phenolic OH excluding ortho intramolecular Hbond substituents is 2. The third kappa shape index (κ3) is 4.48. The lowest BCUT2D eigenvalue weighted by Gasteiger charge is -2.05. The van der Waals surface area contributed by atoms with Gasteiger partial charge in [-0.2, -0.15) is 5.10 Å². The summed E-state index contributed by atoms with van der Waals surface area (Å²) in [6, 6.07) is 9.61. The van der Waals surface area contributed by atoms with Gasteiger partial charge in [0.1, 0.15) is 17.3 Å². The first-order chi connectivity index (χ1) is 10.5. The zero-order chi connectivity index (χ0) is 15.9. The van der Waals surface area contributed by atoms with Crippen LogP contribution in [0.4, 0.5) is 10.1 Å². The van der Waals surface area contributed by atoms with E-state index in [0.29, 0.717) is 11.3 Å². The van der Waals surface area contributed by atoms with E-state index >= 15 is 0 Å². The Morgan fingerprint density at radius 1 is 1.18 bits per heavy atom. The molecule has 0 bridgehead atoms. The van der Waals surface area contributed by atoms with Crippen LogP contribution in [0.5, 0.6) is 11.5 Å². The van der Waals surface area contributed by atoms with Crippen LogP contribution in [0.1, 0.15) is 5.56 Å². The lowest BCUT2D eigenvalue weighted by molar-refractivity contribution is -0.119. The van der Waals surface area contributed by atoms with Crippen molar-refractivity contribution < 1.29 is 19.4 Å². The van der Waals surface area contributed by atoms with E-state index in [0.717, 1.165) is 0 Å². The standard InChI is InChI=1S/C15H14FN3O3/c16-11-2-4-12(5-3-11)17-9-15(22)19-18-8-10-1-6-13(20)7-14(10)21/h1-8,17,20-21H,9H2,(H,19,22). The summed E-state index contributed by atoms with van der Waals surface area (Å²) < 4.78 is 12.7. The van der Waals surface area contributed by atoms with E-state index in [9.17, 15) is 14.3 Å². The van der Waals surface area contributed by atoms with Gasteiger partial charge in [-0.3, -0.25) is 4.79 Å². The summed E-state index contributed by atoms with van der Waals surface area (Å²) in [5, 5.41) is 25.2. The Morgan fingerprint density at radius 3 is 2.59 bits per heavy atom. The van der Waals surface area contributed by atoms with Crippen LogP contribution in [0.3, 0.4) is 0 Å². The molecule has 2 aromatic rings. The minimum atomic E-state index is -0.404. The summed E-state index contributed by atoms with van der Waals surface area (Å²) in [4.78, 5) is 11.5. The predicted octanol–water partition coefficient (Wildman–Crippen LogP) is 1.80. The van der Waals surface area contributed by atoms with Gasteiger partial charge >= 0.3 is 0 Å². The highest BCUT2D eigenvalue weighted by atomic mass is 19.1. The van der Waals surface area contributed by atoms with Crippen LogP contribution in [0.15, 0.2) is 47.6 Å². The van der Waals surface area contributed by atoms with E-state index < -0.39 is 5.91 Å². The number of benzene rings is 2. The third-order valence-electron chi connectivity index (χ3n) is 2.70. The van der Waals surface area contributed by atoms with Gasteiger partial charge < -0.3 is 15.5 Å². The topological polar surface area (TPSA) is 94.0 Å². The molecule has 7 heteroatoms. The molecule has 0 aromatic heterocycles. The van der Waals surface area contributed by atoms with Crippen molar-refractivity contribution in [2.45, 2.75) is 0 Å². The molecule has 0 radical (unpaired) electrons. The van der Waals surface area contributed by atoms with E-state index in [1.165, 1.54) is 48.7 Å². The van der Waals surface area contributed by atoms with Crippen molar-refractivity contribution in [3.05, 3.63) is 53.8 Å². The molecular weight excluding hydrogens is 289 g/mol. The highest BCUT2D eigenvalue weighted by molar-refractivity contribution is 5.86. The summed E-state index contributed by atoms with van der Waals surface area (Å²) in [5.41, 5.74) is 3.23. The molecule has 2 aromatic carbocycles. The van der Waals surface area contributed by atoms with Crippen LogP contribution in [0, 0.1) is 5.82 Å². The maximum atomic E-state index is 12.7. The van der Waals surface area contributed by atoms with E-state index in [1.807, 2.05) is 0 Å². The Labute approximate surface area is 125 Å². The summed E-state index contributed by atoms with van der Waals surface area (Å²) in [5.74, 6) is -0.975. The molecule has 0 fully saturated rings. The average molecular weight is 303 g/mol. The van der Waals surface area contributed by atoms with Crippen molar-refractivity contribution in [2.75, 3.05) is 11.9 Å². The largest absolute Gasteiger partial charge is 0.508 e. The average Bonchev–Trinajstić information content (AvgIpc) is 2.49. The van der Waals surface area contributed by atoms with Gasteiger partial charge in [0.05, 0.1) is 12.8 Å². The Hall–Kier alpha value is -3.09. The molecule has 0 saturated carbocycles. The number of aromatic hydroxyl groups is 2. The summed E-state index contributed by atoms with van der Waals surface area (Å²) in [6.45, 7) is -0.0372. The first kappa shape index (κ1) is 15.3. The number of nitrogens with one attached hydrogen (secondary N) is 2. The highest BCUT2D eigenvalue weighted by Crippen LogP contribution is 2.20. The van der Waals surface area contributed by atoms with Crippen LogP contribution >= 0.6 is 0 Å². The number of phenols is 2. The predicted molar refractivity (Wildman–Crippen MR) is 80.4 cm³/mol. The zero-order valence-electron chi connectivity index (χ0n) is 11.5. The van der Waals surface area contributed by atoms with E-state index in [4.69, 9.17) is 5.11 Å². The van der Waals surface area contributed by atoms with Gasteiger partial charge in [-0.1, -0.05) is 0 Å². The molecule has 0 saturated heterocycles.